The normalized spacial score (nSPS) is 17.9. The fourth-order valence-electron chi connectivity index (χ4n) is 3.79. The Labute approximate surface area is 145 Å². The van der Waals surface area contributed by atoms with Gasteiger partial charge in [0.05, 0.1) is 11.4 Å². The van der Waals surface area contributed by atoms with Crippen molar-refractivity contribution in [1.29, 1.82) is 0 Å². The number of nitrogens with zero attached hydrogens (tertiary/aromatic N) is 4. The smallest absolute Gasteiger partial charge is 0.324 e. The number of carbonyl (C=O) groups excluding carboxylic acids is 1. The molecule has 5 heteroatoms. The molecule has 0 spiro atoms. The summed E-state index contributed by atoms with van der Waals surface area (Å²) in [6.45, 7) is 11.9. The van der Waals surface area contributed by atoms with Crippen LogP contribution in [0.5, 0.6) is 0 Å². The summed E-state index contributed by atoms with van der Waals surface area (Å²) in [6.07, 6.45) is 2.67. The van der Waals surface area contributed by atoms with E-state index < -0.39 is 0 Å². The van der Waals surface area contributed by atoms with Crippen LogP contribution in [0.2, 0.25) is 0 Å². The van der Waals surface area contributed by atoms with Crippen LogP contribution in [-0.2, 0) is 0 Å². The molecular weight excluding hydrogens is 300 g/mol. The zero-order valence-corrected chi connectivity index (χ0v) is 15.1. The van der Waals surface area contributed by atoms with Crippen LogP contribution in [0.1, 0.15) is 26.7 Å². The number of likely N-dealkylation sites (tertiary alicyclic amines) is 1. The van der Waals surface area contributed by atoms with E-state index >= 15 is 0 Å². The highest BCUT2D eigenvalue weighted by molar-refractivity contribution is 5.96. The molecule has 1 saturated heterocycles. The fourth-order valence-corrected chi connectivity index (χ4v) is 3.79. The summed E-state index contributed by atoms with van der Waals surface area (Å²) in [6, 6.07) is 8.48. The molecule has 0 aromatic heterocycles. The van der Waals surface area contributed by atoms with Crippen LogP contribution < -0.4 is 9.80 Å². The van der Waals surface area contributed by atoms with Gasteiger partial charge in [0.25, 0.3) is 0 Å². The molecule has 1 fully saturated rings. The third-order valence-electron chi connectivity index (χ3n) is 5.26. The minimum atomic E-state index is 0.131. The number of hydrogen-bond acceptors (Lipinski definition) is 3. The molecule has 2 aliphatic heterocycles. The first-order chi connectivity index (χ1) is 11.7. The second kappa shape index (κ2) is 7.88. The maximum absolute atomic E-state index is 12.8. The number of hydrogen-bond donors (Lipinski definition) is 0. The number of fused-ring (bicyclic) bond motifs is 1. The van der Waals surface area contributed by atoms with Crippen molar-refractivity contribution in [3.05, 3.63) is 24.3 Å². The summed E-state index contributed by atoms with van der Waals surface area (Å²) < 4.78 is 0. The second-order valence-electron chi connectivity index (χ2n) is 6.63. The minimum Gasteiger partial charge on any atom is -0.367 e. The van der Waals surface area contributed by atoms with Crippen LogP contribution in [-0.4, -0.2) is 68.2 Å². The topological polar surface area (TPSA) is 30.0 Å². The molecular formula is C19H30N4O. The predicted molar refractivity (Wildman–Crippen MR) is 100.0 cm³/mol. The third-order valence-corrected chi connectivity index (χ3v) is 5.26. The molecule has 1 aromatic rings. The van der Waals surface area contributed by atoms with Gasteiger partial charge in [-0.3, -0.25) is 4.90 Å². The van der Waals surface area contributed by atoms with Gasteiger partial charge in [0.1, 0.15) is 0 Å². The van der Waals surface area contributed by atoms with Gasteiger partial charge in [-0.05, 0) is 51.9 Å². The Balaban J connectivity index is 1.73. The quantitative estimate of drug-likeness (QED) is 0.831. The molecule has 0 bridgehead atoms. The van der Waals surface area contributed by atoms with Crippen molar-refractivity contribution in [1.82, 2.24) is 9.80 Å². The summed E-state index contributed by atoms with van der Waals surface area (Å²) in [5.74, 6) is 0. The fraction of sp³-hybridized carbons (Fsp3) is 0.632. The molecule has 1 aromatic carbocycles. The van der Waals surface area contributed by atoms with E-state index in [1.165, 1.54) is 31.6 Å². The Hall–Kier alpha value is -1.75. The van der Waals surface area contributed by atoms with Gasteiger partial charge < -0.3 is 14.7 Å². The number of benzene rings is 1. The van der Waals surface area contributed by atoms with Gasteiger partial charge in [-0.15, -0.1) is 0 Å². The van der Waals surface area contributed by atoms with E-state index in [2.05, 4.69) is 28.0 Å². The number of para-hydroxylation sites is 2. The monoisotopic (exact) mass is 330 g/mol. The molecule has 0 aliphatic carbocycles. The van der Waals surface area contributed by atoms with Crippen LogP contribution in [0.3, 0.4) is 0 Å². The Morgan fingerprint density at radius 1 is 0.958 bits per heavy atom. The molecule has 5 nitrogen and oxygen atoms in total. The highest BCUT2D eigenvalue weighted by Gasteiger charge is 2.28. The van der Waals surface area contributed by atoms with Crippen molar-refractivity contribution in [2.75, 3.05) is 62.2 Å². The molecule has 2 heterocycles. The van der Waals surface area contributed by atoms with Crippen molar-refractivity contribution in [3.8, 4) is 0 Å². The second-order valence-corrected chi connectivity index (χ2v) is 6.63. The number of anilines is 2. The predicted octanol–water partition coefficient (Wildman–Crippen LogP) is 2.87. The zero-order chi connectivity index (χ0) is 16.9. The maximum atomic E-state index is 12.8. The van der Waals surface area contributed by atoms with E-state index in [4.69, 9.17) is 0 Å². The molecule has 24 heavy (non-hydrogen) atoms. The summed E-state index contributed by atoms with van der Waals surface area (Å²) in [5.41, 5.74) is 2.26. The summed E-state index contributed by atoms with van der Waals surface area (Å²) in [7, 11) is 0. The maximum Gasteiger partial charge on any atom is 0.324 e. The van der Waals surface area contributed by atoms with Crippen molar-refractivity contribution >= 4 is 17.4 Å². The van der Waals surface area contributed by atoms with Crippen molar-refractivity contribution < 1.29 is 4.79 Å². The van der Waals surface area contributed by atoms with Crippen LogP contribution in [0.25, 0.3) is 0 Å². The third kappa shape index (κ3) is 3.51. The Morgan fingerprint density at radius 3 is 2.29 bits per heavy atom. The Kier molecular flexibility index (Phi) is 5.61. The molecule has 132 valence electrons. The van der Waals surface area contributed by atoms with Crippen LogP contribution in [0.15, 0.2) is 24.3 Å². The first-order valence-corrected chi connectivity index (χ1v) is 9.37. The number of amides is 2. The lowest BCUT2D eigenvalue weighted by Crippen LogP contribution is -2.50. The van der Waals surface area contributed by atoms with E-state index in [1.54, 1.807) is 0 Å². The van der Waals surface area contributed by atoms with Gasteiger partial charge in [-0.1, -0.05) is 12.1 Å². The lowest BCUT2D eigenvalue weighted by atomic mass is 10.1. The van der Waals surface area contributed by atoms with Crippen LogP contribution in [0, 0.1) is 0 Å². The lowest BCUT2D eigenvalue weighted by molar-refractivity contribution is 0.210. The first-order valence-electron chi connectivity index (χ1n) is 9.37. The van der Waals surface area contributed by atoms with Crippen molar-refractivity contribution in [2.24, 2.45) is 0 Å². The molecule has 2 amide bonds. The molecule has 0 unspecified atom stereocenters. The van der Waals surface area contributed by atoms with E-state index in [-0.39, 0.29) is 6.03 Å². The van der Waals surface area contributed by atoms with Gasteiger partial charge >= 0.3 is 6.03 Å². The highest BCUT2D eigenvalue weighted by Crippen LogP contribution is 2.33. The molecule has 3 rings (SSSR count). The highest BCUT2D eigenvalue weighted by atomic mass is 16.2. The van der Waals surface area contributed by atoms with Gasteiger partial charge in [-0.25, -0.2) is 4.79 Å². The molecule has 2 aliphatic rings. The van der Waals surface area contributed by atoms with E-state index in [0.717, 1.165) is 45.0 Å². The van der Waals surface area contributed by atoms with E-state index in [1.807, 2.05) is 29.7 Å². The molecule has 0 radical (unpaired) electrons. The average molecular weight is 330 g/mol. The molecule has 0 atom stereocenters. The van der Waals surface area contributed by atoms with Gasteiger partial charge in [0.2, 0.25) is 0 Å². The summed E-state index contributed by atoms with van der Waals surface area (Å²) in [5, 5.41) is 0. The van der Waals surface area contributed by atoms with Crippen molar-refractivity contribution in [2.45, 2.75) is 26.7 Å². The zero-order valence-electron chi connectivity index (χ0n) is 15.1. The molecule has 0 N–H and O–H groups in total. The Bertz CT molecular complexity index is 552. The van der Waals surface area contributed by atoms with Crippen LogP contribution in [0.4, 0.5) is 16.2 Å². The lowest BCUT2D eigenvalue weighted by Gasteiger charge is -2.40. The summed E-state index contributed by atoms with van der Waals surface area (Å²) >= 11 is 0. The summed E-state index contributed by atoms with van der Waals surface area (Å²) in [4.78, 5) is 21.7. The van der Waals surface area contributed by atoms with E-state index in [0.29, 0.717) is 0 Å². The standard InChI is InChI=1S/C19H30N4O/c1-3-21(4-2)19(24)23-16-15-22(14-13-20-11-7-8-12-20)17-9-5-6-10-18(17)23/h5-6,9-10H,3-4,7-8,11-16H2,1-2H3. The average Bonchev–Trinajstić information content (AvgIpc) is 3.14. The van der Waals surface area contributed by atoms with Gasteiger partial charge in [-0.2, -0.15) is 0 Å². The largest absolute Gasteiger partial charge is 0.367 e. The molecule has 0 saturated carbocycles. The number of carbonyl (C=O) groups is 1. The van der Waals surface area contributed by atoms with Crippen LogP contribution >= 0.6 is 0 Å². The number of urea groups is 1. The van der Waals surface area contributed by atoms with Gasteiger partial charge in [0.15, 0.2) is 0 Å². The Morgan fingerprint density at radius 2 is 1.62 bits per heavy atom. The SMILES string of the molecule is CCN(CC)C(=O)N1CCN(CCN2CCCC2)c2ccccc21. The van der Waals surface area contributed by atoms with Crippen molar-refractivity contribution in [3.63, 3.8) is 0 Å². The van der Waals surface area contributed by atoms with Gasteiger partial charge in [0, 0.05) is 39.3 Å². The first kappa shape index (κ1) is 17.1. The van der Waals surface area contributed by atoms with E-state index in [9.17, 15) is 4.79 Å². The number of rotatable bonds is 5. The minimum absolute atomic E-state index is 0.131.